The van der Waals surface area contributed by atoms with Crippen molar-refractivity contribution in [1.82, 2.24) is 0 Å². The summed E-state index contributed by atoms with van der Waals surface area (Å²) in [6, 6.07) is 9.90. The van der Waals surface area contributed by atoms with Crippen molar-refractivity contribution < 1.29 is 0 Å². The van der Waals surface area contributed by atoms with Crippen LogP contribution in [0.25, 0.3) is 0 Å². The van der Waals surface area contributed by atoms with Gasteiger partial charge < -0.3 is 4.90 Å². The highest BCUT2D eigenvalue weighted by atomic mass is 35.5. The van der Waals surface area contributed by atoms with Crippen LogP contribution in [0.1, 0.15) is 31.2 Å². The fourth-order valence-corrected chi connectivity index (χ4v) is 1.93. The lowest BCUT2D eigenvalue weighted by atomic mass is 10.1. The molecule has 3 heteroatoms. The molecule has 2 nitrogen and oxygen atoms in total. The molecule has 0 aliphatic carbocycles. The van der Waals surface area contributed by atoms with Crippen molar-refractivity contribution in [3.63, 3.8) is 0 Å². The van der Waals surface area contributed by atoms with Gasteiger partial charge in [0.05, 0.1) is 11.6 Å². The third-order valence-electron chi connectivity index (χ3n) is 2.79. The number of rotatable bonds is 7. The number of anilines is 1. The number of halogens is 1. The average molecular weight is 251 g/mol. The number of hydrogen-bond donors (Lipinski definition) is 0. The van der Waals surface area contributed by atoms with E-state index in [-0.39, 0.29) is 0 Å². The van der Waals surface area contributed by atoms with Crippen LogP contribution in [0.15, 0.2) is 24.3 Å². The van der Waals surface area contributed by atoms with Crippen molar-refractivity contribution in [1.29, 1.82) is 5.26 Å². The zero-order chi connectivity index (χ0) is 12.5. The number of nitriles is 1. The van der Waals surface area contributed by atoms with Gasteiger partial charge in [0.2, 0.25) is 0 Å². The maximum Gasteiger partial charge on any atom is 0.0992 e. The largest absolute Gasteiger partial charge is 0.375 e. The van der Waals surface area contributed by atoms with Gasteiger partial charge in [0, 0.05) is 25.2 Å². The highest BCUT2D eigenvalue weighted by molar-refractivity contribution is 6.17. The molecule has 1 aromatic carbocycles. The Kier molecular flexibility index (Phi) is 6.50. The van der Waals surface area contributed by atoms with Gasteiger partial charge in [0.15, 0.2) is 0 Å². The van der Waals surface area contributed by atoms with Gasteiger partial charge in [-0.05, 0) is 31.0 Å². The Bertz CT molecular complexity index is 371. The molecule has 1 aromatic rings. The molecule has 0 fully saturated rings. The molecule has 0 radical (unpaired) electrons. The predicted molar refractivity (Wildman–Crippen MR) is 73.6 cm³/mol. The lowest BCUT2D eigenvalue weighted by Crippen LogP contribution is -2.18. The number of alkyl halides is 1. The fraction of sp³-hybridized carbons (Fsp3) is 0.500. The molecule has 0 unspecified atom stereocenters. The molecule has 0 saturated heterocycles. The van der Waals surface area contributed by atoms with Gasteiger partial charge >= 0.3 is 0 Å². The fourth-order valence-electron chi connectivity index (χ4n) is 1.74. The summed E-state index contributed by atoms with van der Waals surface area (Å²) in [5.74, 6) is 0.764. The van der Waals surface area contributed by atoms with Gasteiger partial charge in [-0.2, -0.15) is 5.26 Å². The topological polar surface area (TPSA) is 27.0 Å². The minimum absolute atomic E-state index is 0.719. The lowest BCUT2D eigenvalue weighted by molar-refractivity contribution is 0.663. The Morgan fingerprint density at radius 3 is 2.71 bits per heavy atom. The number of unbranched alkanes of at least 4 members (excludes halogenated alkanes) is 3. The van der Waals surface area contributed by atoms with Crippen molar-refractivity contribution in [2.75, 3.05) is 24.4 Å². The molecule has 0 amide bonds. The first-order chi connectivity index (χ1) is 8.27. The Morgan fingerprint density at radius 1 is 1.24 bits per heavy atom. The van der Waals surface area contributed by atoms with Crippen molar-refractivity contribution in [2.45, 2.75) is 25.7 Å². The van der Waals surface area contributed by atoms with E-state index < -0.39 is 0 Å². The molecular formula is C14H19ClN2. The summed E-state index contributed by atoms with van der Waals surface area (Å²) < 4.78 is 0. The molecule has 0 aliphatic heterocycles. The third kappa shape index (κ3) is 5.10. The van der Waals surface area contributed by atoms with Crippen LogP contribution in [0.2, 0.25) is 0 Å². The van der Waals surface area contributed by atoms with Gasteiger partial charge in [-0.15, -0.1) is 11.6 Å². The van der Waals surface area contributed by atoms with Crippen molar-refractivity contribution in [3.8, 4) is 6.07 Å². The second-order valence-electron chi connectivity index (χ2n) is 4.19. The lowest BCUT2D eigenvalue weighted by Gasteiger charge is -2.19. The first kappa shape index (κ1) is 13.9. The average Bonchev–Trinajstić information content (AvgIpc) is 2.38. The molecule has 0 N–H and O–H groups in total. The summed E-state index contributed by atoms with van der Waals surface area (Å²) in [5.41, 5.74) is 1.83. The Hall–Kier alpha value is -1.20. The summed E-state index contributed by atoms with van der Waals surface area (Å²) in [7, 11) is 2.07. The second-order valence-corrected chi connectivity index (χ2v) is 4.56. The van der Waals surface area contributed by atoms with Crippen LogP contribution in [0, 0.1) is 11.3 Å². The van der Waals surface area contributed by atoms with Gasteiger partial charge in [0.1, 0.15) is 0 Å². The highest BCUT2D eigenvalue weighted by Crippen LogP contribution is 2.15. The monoisotopic (exact) mass is 250 g/mol. The molecule has 0 spiro atoms. The van der Waals surface area contributed by atoms with E-state index in [1.54, 1.807) is 0 Å². The SMILES string of the molecule is CN(CCCCCCCl)c1cccc(C#N)c1. The Labute approximate surface area is 109 Å². The van der Waals surface area contributed by atoms with Crippen LogP contribution in [0.3, 0.4) is 0 Å². The van der Waals surface area contributed by atoms with Crippen LogP contribution in [-0.2, 0) is 0 Å². The third-order valence-corrected chi connectivity index (χ3v) is 3.06. The molecule has 0 bridgehead atoms. The van der Waals surface area contributed by atoms with E-state index in [1.807, 2.05) is 24.3 Å². The molecule has 0 atom stereocenters. The predicted octanol–water partition coefficient (Wildman–Crippen LogP) is 3.79. The van der Waals surface area contributed by atoms with E-state index in [2.05, 4.69) is 18.0 Å². The van der Waals surface area contributed by atoms with Crippen LogP contribution < -0.4 is 4.90 Å². The van der Waals surface area contributed by atoms with E-state index in [0.29, 0.717) is 0 Å². The standard InChI is InChI=1S/C14H19ClN2/c1-17(10-5-3-2-4-9-15)14-8-6-7-13(11-14)12-16/h6-8,11H,2-5,9-10H2,1H3. The van der Waals surface area contributed by atoms with Crippen molar-refractivity contribution in [2.24, 2.45) is 0 Å². The maximum atomic E-state index is 8.84. The van der Waals surface area contributed by atoms with Crippen molar-refractivity contribution >= 4 is 17.3 Å². The number of nitrogens with zero attached hydrogens (tertiary/aromatic N) is 2. The minimum atomic E-state index is 0.719. The minimum Gasteiger partial charge on any atom is -0.375 e. The van der Waals surface area contributed by atoms with Gasteiger partial charge in [-0.25, -0.2) is 0 Å². The first-order valence-corrected chi connectivity index (χ1v) is 6.58. The second kappa shape index (κ2) is 7.97. The van der Waals surface area contributed by atoms with Gasteiger partial charge in [0.25, 0.3) is 0 Å². The van der Waals surface area contributed by atoms with E-state index in [0.717, 1.165) is 30.1 Å². The zero-order valence-corrected chi connectivity index (χ0v) is 11.1. The summed E-state index contributed by atoms with van der Waals surface area (Å²) in [4.78, 5) is 2.20. The summed E-state index contributed by atoms with van der Waals surface area (Å²) in [5, 5.41) is 8.84. The van der Waals surface area contributed by atoms with Crippen LogP contribution >= 0.6 is 11.6 Å². The van der Waals surface area contributed by atoms with E-state index >= 15 is 0 Å². The molecule has 92 valence electrons. The van der Waals surface area contributed by atoms with Gasteiger partial charge in [-0.1, -0.05) is 18.9 Å². The quantitative estimate of drug-likeness (QED) is 0.544. The first-order valence-electron chi connectivity index (χ1n) is 6.05. The van der Waals surface area contributed by atoms with Crippen molar-refractivity contribution in [3.05, 3.63) is 29.8 Å². The van der Waals surface area contributed by atoms with E-state index in [4.69, 9.17) is 16.9 Å². The Morgan fingerprint density at radius 2 is 2.00 bits per heavy atom. The Balaban J connectivity index is 2.36. The zero-order valence-electron chi connectivity index (χ0n) is 10.3. The van der Waals surface area contributed by atoms with Gasteiger partial charge in [-0.3, -0.25) is 0 Å². The molecule has 1 rings (SSSR count). The smallest absolute Gasteiger partial charge is 0.0992 e. The molecular weight excluding hydrogens is 232 g/mol. The van der Waals surface area contributed by atoms with Crippen LogP contribution in [-0.4, -0.2) is 19.5 Å². The van der Waals surface area contributed by atoms with E-state index in [9.17, 15) is 0 Å². The summed E-state index contributed by atoms with van der Waals surface area (Å²) >= 11 is 5.63. The molecule has 17 heavy (non-hydrogen) atoms. The molecule has 0 heterocycles. The van der Waals surface area contributed by atoms with E-state index in [1.165, 1.54) is 19.3 Å². The number of hydrogen-bond acceptors (Lipinski definition) is 2. The number of benzene rings is 1. The van der Waals surface area contributed by atoms with Crippen LogP contribution in [0.5, 0.6) is 0 Å². The normalized spacial score (nSPS) is 9.94. The molecule has 0 aliphatic rings. The highest BCUT2D eigenvalue weighted by Gasteiger charge is 2.01. The molecule has 0 saturated carbocycles. The molecule has 0 aromatic heterocycles. The summed E-state index contributed by atoms with van der Waals surface area (Å²) in [6.07, 6.45) is 4.70. The summed E-state index contributed by atoms with van der Waals surface area (Å²) in [6.45, 7) is 1.02. The van der Waals surface area contributed by atoms with Crippen LogP contribution in [0.4, 0.5) is 5.69 Å². The maximum absolute atomic E-state index is 8.84.